The molecule has 0 bridgehead atoms. The fraction of sp³-hybridized carbons (Fsp3) is 0.769. The predicted molar refractivity (Wildman–Crippen MR) is 70.7 cm³/mol. The van der Waals surface area contributed by atoms with Crippen LogP contribution >= 0.6 is 0 Å². The van der Waals surface area contributed by atoms with Crippen LogP contribution in [0.2, 0.25) is 0 Å². The molecule has 1 aliphatic heterocycles. The first-order chi connectivity index (χ1) is 8.70. The maximum Gasteiger partial charge on any atom is 0.297 e. The third-order valence-corrected chi connectivity index (χ3v) is 3.18. The minimum atomic E-state index is 0.378. The average molecular weight is 253 g/mol. The molecule has 0 amide bonds. The second-order valence-corrected chi connectivity index (χ2v) is 4.99. The lowest BCUT2D eigenvalue weighted by molar-refractivity contribution is 0.0901. The summed E-state index contributed by atoms with van der Waals surface area (Å²) in [5.41, 5.74) is 0.958. The summed E-state index contributed by atoms with van der Waals surface area (Å²) in [7, 11) is 0. The molecule has 1 aromatic rings. The van der Waals surface area contributed by atoms with Crippen molar-refractivity contribution in [2.24, 2.45) is 0 Å². The molecule has 0 radical (unpaired) electrons. The molecular formula is C13H23N3O2. The third kappa shape index (κ3) is 3.23. The van der Waals surface area contributed by atoms with E-state index in [2.05, 4.69) is 36.0 Å². The second-order valence-electron chi connectivity index (χ2n) is 4.99. The summed E-state index contributed by atoms with van der Waals surface area (Å²) in [6.45, 7) is 9.53. The molecular weight excluding hydrogens is 230 g/mol. The largest absolute Gasteiger partial charge is 0.432 e. The molecule has 0 saturated carbocycles. The maximum atomic E-state index is 5.59. The highest BCUT2D eigenvalue weighted by Gasteiger charge is 2.25. The molecule has 1 saturated heterocycles. The van der Waals surface area contributed by atoms with Crippen molar-refractivity contribution < 1.29 is 9.15 Å². The number of aromatic nitrogens is 1. The van der Waals surface area contributed by atoms with Crippen LogP contribution in [0.4, 0.5) is 6.01 Å². The number of hydrogen-bond acceptors (Lipinski definition) is 5. The standard InChI is InChI=1S/C13H23N3O2/c1-4-12-9-17-6-5-16(12)13-15-11(8-18-13)7-14-10(2)3/h8,10,12,14H,4-7,9H2,1-3H3. The molecule has 1 aromatic heterocycles. The Labute approximate surface area is 109 Å². The van der Waals surface area contributed by atoms with Gasteiger partial charge in [-0.05, 0) is 6.42 Å². The zero-order valence-electron chi connectivity index (χ0n) is 11.5. The van der Waals surface area contributed by atoms with Crippen molar-refractivity contribution in [2.45, 2.75) is 45.8 Å². The van der Waals surface area contributed by atoms with E-state index in [1.807, 2.05) is 0 Å². The quantitative estimate of drug-likeness (QED) is 0.867. The Balaban J connectivity index is 1.99. The van der Waals surface area contributed by atoms with Crippen LogP contribution in [-0.4, -0.2) is 36.8 Å². The SMILES string of the molecule is CCC1COCCN1c1nc(CNC(C)C)co1. The molecule has 2 heterocycles. The van der Waals surface area contributed by atoms with Crippen LogP contribution in [0, 0.1) is 0 Å². The highest BCUT2D eigenvalue weighted by atomic mass is 16.5. The summed E-state index contributed by atoms with van der Waals surface area (Å²) >= 11 is 0. The molecule has 1 N–H and O–H groups in total. The minimum Gasteiger partial charge on any atom is -0.432 e. The van der Waals surface area contributed by atoms with Gasteiger partial charge in [0.15, 0.2) is 0 Å². The summed E-state index contributed by atoms with van der Waals surface area (Å²) in [4.78, 5) is 6.76. The van der Waals surface area contributed by atoms with E-state index in [1.54, 1.807) is 6.26 Å². The molecule has 1 aliphatic rings. The van der Waals surface area contributed by atoms with Gasteiger partial charge in [0.1, 0.15) is 6.26 Å². The summed E-state index contributed by atoms with van der Waals surface area (Å²) in [6.07, 6.45) is 2.79. The molecule has 102 valence electrons. The molecule has 1 unspecified atom stereocenters. The van der Waals surface area contributed by atoms with E-state index >= 15 is 0 Å². The Hall–Kier alpha value is -1.07. The van der Waals surface area contributed by atoms with Crippen LogP contribution in [0.1, 0.15) is 32.9 Å². The topological polar surface area (TPSA) is 50.5 Å². The van der Waals surface area contributed by atoms with Gasteiger partial charge in [-0.1, -0.05) is 20.8 Å². The monoisotopic (exact) mass is 253 g/mol. The highest BCUT2D eigenvalue weighted by molar-refractivity contribution is 5.29. The molecule has 18 heavy (non-hydrogen) atoms. The lowest BCUT2D eigenvalue weighted by Gasteiger charge is -2.33. The van der Waals surface area contributed by atoms with Gasteiger partial charge >= 0.3 is 0 Å². The Morgan fingerprint density at radius 3 is 3.11 bits per heavy atom. The van der Waals surface area contributed by atoms with Crippen molar-refractivity contribution in [3.8, 4) is 0 Å². The number of oxazole rings is 1. The maximum absolute atomic E-state index is 5.59. The van der Waals surface area contributed by atoms with Crippen LogP contribution in [-0.2, 0) is 11.3 Å². The van der Waals surface area contributed by atoms with Crippen molar-refractivity contribution in [2.75, 3.05) is 24.7 Å². The number of morpholine rings is 1. The van der Waals surface area contributed by atoms with Gasteiger partial charge in [-0.3, -0.25) is 0 Å². The van der Waals surface area contributed by atoms with E-state index in [1.165, 1.54) is 0 Å². The van der Waals surface area contributed by atoms with Crippen molar-refractivity contribution in [1.82, 2.24) is 10.3 Å². The van der Waals surface area contributed by atoms with Gasteiger partial charge in [0.25, 0.3) is 6.01 Å². The van der Waals surface area contributed by atoms with Gasteiger partial charge in [0.05, 0.1) is 24.9 Å². The van der Waals surface area contributed by atoms with Crippen molar-refractivity contribution >= 4 is 6.01 Å². The number of anilines is 1. The number of rotatable bonds is 5. The Morgan fingerprint density at radius 1 is 1.56 bits per heavy atom. The van der Waals surface area contributed by atoms with E-state index in [-0.39, 0.29) is 0 Å². The number of ether oxygens (including phenoxy) is 1. The van der Waals surface area contributed by atoms with Crippen molar-refractivity contribution in [3.05, 3.63) is 12.0 Å². The molecule has 5 nitrogen and oxygen atoms in total. The van der Waals surface area contributed by atoms with E-state index in [0.717, 1.165) is 44.4 Å². The van der Waals surface area contributed by atoms with E-state index in [0.29, 0.717) is 12.1 Å². The first kappa shape index (κ1) is 13.4. The summed E-state index contributed by atoms with van der Waals surface area (Å²) in [5.74, 6) is 0. The minimum absolute atomic E-state index is 0.378. The zero-order chi connectivity index (χ0) is 13.0. The lowest BCUT2D eigenvalue weighted by atomic mass is 10.2. The Morgan fingerprint density at radius 2 is 2.39 bits per heavy atom. The van der Waals surface area contributed by atoms with E-state index < -0.39 is 0 Å². The fourth-order valence-electron chi connectivity index (χ4n) is 2.06. The van der Waals surface area contributed by atoms with Crippen LogP contribution in [0.25, 0.3) is 0 Å². The van der Waals surface area contributed by atoms with Gasteiger partial charge < -0.3 is 19.4 Å². The Bertz CT molecular complexity index is 365. The smallest absolute Gasteiger partial charge is 0.297 e. The summed E-state index contributed by atoms with van der Waals surface area (Å²) in [5, 5.41) is 3.34. The van der Waals surface area contributed by atoms with Crippen molar-refractivity contribution in [3.63, 3.8) is 0 Å². The van der Waals surface area contributed by atoms with Gasteiger partial charge in [-0.25, -0.2) is 0 Å². The first-order valence-electron chi connectivity index (χ1n) is 6.73. The van der Waals surface area contributed by atoms with E-state index in [9.17, 15) is 0 Å². The van der Waals surface area contributed by atoms with Gasteiger partial charge in [-0.15, -0.1) is 0 Å². The van der Waals surface area contributed by atoms with Crippen LogP contribution < -0.4 is 10.2 Å². The summed E-state index contributed by atoms with van der Waals surface area (Å²) < 4.78 is 11.1. The highest BCUT2D eigenvalue weighted by Crippen LogP contribution is 2.20. The van der Waals surface area contributed by atoms with E-state index in [4.69, 9.17) is 9.15 Å². The van der Waals surface area contributed by atoms with Gasteiger partial charge in [0.2, 0.25) is 0 Å². The molecule has 0 aliphatic carbocycles. The fourth-order valence-corrected chi connectivity index (χ4v) is 2.06. The molecule has 1 atom stereocenters. The van der Waals surface area contributed by atoms with Gasteiger partial charge in [0, 0.05) is 19.1 Å². The zero-order valence-corrected chi connectivity index (χ0v) is 11.5. The molecule has 0 aromatic carbocycles. The molecule has 1 fully saturated rings. The third-order valence-electron chi connectivity index (χ3n) is 3.18. The van der Waals surface area contributed by atoms with Crippen LogP contribution in [0.5, 0.6) is 0 Å². The van der Waals surface area contributed by atoms with Crippen LogP contribution in [0.3, 0.4) is 0 Å². The lowest BCUT2D eigenvalue weighted by Crippen LogP contribution is -2.45. The first-order valence-corrected chi connectivity index (χ1v) is 6.73. The van der Waals surface area contributed by atoms with Gasteiger partial charge in [-0.2, -0.15) is 4.98 Å². The Kier molecular flexibility index (Phi) is 4.60. The molecule has 2 rings (SSSR count). The summed E-state index contributed by atoms with van der Waals surface area (Å²) in [6, 6.07) is 1.56. The normalized spacial score (nSPS) is 20.7. The van der Waals surface area contributed by atoms with Crippen LogP contribution in [0.15, 0.2) is 10.7 Å². The number of nitrogens with zero attached hydrogens (tertiary/aromatic N) is 2. The van der Waals surface area contributed by atoms with Crippen molar-refractivity contribution in [1.29, 1.82) is 0 Å². The predicted octanol–water partition coefficient (Wildman–Crippen LogP) is 1.79. The number of hydrogen-bond donors (Lipinski definition) is 1. The molecule has 5 heteroatoms. The second kappa shape index (κ2) is 6.20. The molecule has 0 spiro atoms. The average Bonchev–Trinajstić information content (AvgIpc) is 2.85. The number of nitrogens with one attached hydrogen (secondary N) is 1.